The molecule has 0 bridgehead atoms. The van der Waals surface area contributed by atoms with Crippen LogP contribution in [0.3, 0.4) is 0 Å². The first kappa shape index (κ1) is 10.5. The topological polar surface area (TPSA) is 59.1 Å². The molecule has 0 amide bonds. The summed E-state index contributed by atoms with van der Waals surface area (Å²) < 4.78 is 17.8. The Hall–Kier alpha value is -1.58. The zero-order valence-corrected chi connectivity index (χ0v) is 7.96. The van der Waals surface area contributed by atoms with Crippen molar-refractivity contribution in [2.45, 2.75) is 6.92 Å². The quantitative estimate of drug-likeness (QED) is 0.569. The summed E-state index contributed by atoms with van der Waals surface area (Å²) in [6.07, 6.45) is 0. The lowest BCUT2D eigenvalue weighted by Gasteiger charge is -2.11. The molecule has 3 N–H and O–H groups in total. The van der Waals surface area contributed by atoms with Crippen LogP contribution >= 0.6 is 0 Å². The largest absolute Gasteiger partial charge is 0.493 e. The van der Waals surface area contributed by atoms with Crippen molar-refractivity contribution >= 4 is 5.84 Å². The third-order valence-corrected chi connectivity index (χ3v) is 1.84. The minimum Gasteiger partial charge on any atom is -0.493 e. The van der Waals surface area contributed by atoms with E-state index >= 15 is 0 Å². The first-order valence-corrected chi connectivity index (χ1v) is 4.32. The number of benzene rings is 1. The van der Waals surface area contributed by atoms with Crippen LogP contribution in [0.5, 0.6) is 5.75 Å². The van der Waals surface area contributed by atoms with Crippen LogP contribution in [0.1, 0.15) is 6.92 Å². The average molecular weight is 196 g/mol. The van der Waals surface area contributed by atoms with Gasteiger partial charge in [-0.3, -0.25) is 5.41 Å². The number of hydrogen-bond acceptors (Lipinski definition) is 2. The van der Waals surface area contributed by atoms with Gasteiger partial charge in [-0.25, -0.2) is 4.39 Å². The second-order valence-corrected chi connectivity index (χ2v) is 3.12. The minimum absolute atomic E-state index is 0.0899. The van der Waals surface area contributed by atoms with Crippen molar-refractivity contribution in [2.75, 3.05) is 6.61 Å². The molecule has 1 aromatic rings. The van der Waals surface area contributed by atoms with E-state index in [4.69, 9.17) is 15.9 Å². The Bertz CT molecular complexity index is 310. The molecule has 0 heterocycles. The van der Waals surface area contributed by atoms with Crippen molar-refractivity contribution in [3.05, 3.63) is 30.1 Å². The SMILES string of the molecule is CC(COc1ccc(F)cc1)C(=N)N. The number of halogens is 1. The highest BCUT2D eigenvalue weighted by atomic mass is 19.1. The third-order valence-electron chi connectivity index (χ3n) is 1.84. The molecule has 14 heavy (non-hydrogen) atoms. The molecule has 1 unspecified atom stereocenters. The molecule has 0 aliphatic heterocycles. The molecule has 0 radical (unpaired) electrons. The zero-order chi connectivity index (χ0) is 10.6. The van der Waals surface area contributed by atoms with Gasteiger partial charge < -0.3 is 10.5 Å². The van der Waals surface area contributed by atoms with E-state index in [9.17, 15) is 4.39 Å². The van der Waals surface area contributed by atoms with Crippen molar-refractivity contribution in [2.24, 2.45) is 11.7 Å². The van der Waals surface area contributed by atoms with Crippen LogP contribution in [0.15, 0.2) is 24.3 Å². The summed E-state index contributed by atoms with van der Waals surface area (Å²) in [6, 6.07) is 5.74. The predicted octanol–water partition coefficient (Wildman–Crippen LogP) is 1.78. The molecule has 0 aliphatic rings. The number of nitrogens with two attached hydrogens (primary N) is 1. The van der Waals surface area contributed by atoms with Gasteiger partial charge in [0.25, 0.3) is 0 Å². The summed E-state index contributed by atoms with van der Waals surface area (Å²) >= 11 is 0. The van der Waals surface area contributed by atoms with E-state index in [-0.39, 0.29) is 17.6 Å². The van der Waals surface area contributed by atoms with E-state index in [1.807, 2.05) is 0 Å². The Morgan fingerprint density at radius 3 is 2.57 bits per heavy atom. The van der Waals surface area contributed by atoms with Crippen molar-refractivity contribution in [1.29, 1.82) is 5.41 Å². The van der Waals surface area contributed by atoms with Gasteiger partial charge in [-0.15, -0.1) is 0 Å². The third kappa shape index (κ3) is 3.05. The molecule has 1 aromatic carbocycles. The maximum atomic E-state index is 12.5. The summed E-state index contributed by atoms with van der Waals surface area (Å²) in [4.78, 5) is 0. The Morgan fingerprint density at radius 2 is 2.07 bits per heavy atom. The number of ether oxygens (including phenoxy) is 1. The fourth-order valence-corrected chi connectivity index (χ4v) is 0.842. The lowest BCUT2D eigenvalue weighted by Crippen LogP contribution is -2.25. The summed E-state index contributed by atoms with van der Waals surface area (Å²) in [7, 11) is 0. The lowest BCUT2D eigenvalue weighted by atomic mass is 10.2. The normalized spacial score (nSPS) is 12.1. The van der Waals surface area contributed by atoms with Crippen LogP contribution in [0.2, 0.25) is 0 Å². The van der Waals surface area contributed by atoms with Crippen molar-refractivity contribution in [1.82, 2.24) is 0 Å². The molecule has 3 nitrogen and oxygen atoms in total. The van der Waals surface area contributed by atoms with Gasteiger partial charge in [0.2, 0.25) is 0 Å². The van der Waals surface area contributed by atoms with Crippen LogP contribution in [-0.2, 0) is 0 Å². The molecule has 1 atom stereocenters. The fourth-order valence-electron chi connectivity index (χ4n) is 0.842. The van der Waals surface area contributed by atoms with E-state index in [1.165, 1.54) is 12.1 Å². The van der Waals surface area contributed by atoms with E-state index in [0.717, 1.165) is 0 Å². The van der Waals surface area contributed by atoms with Crippen LogP contribution in [0.25, 0.3) is 0 Å². The van der Waals surface area contributed by atoms with Gasteiger partial charge in [0.15, 0.2) is 0 Å². The molecule has 76 valence electrons. The Kier molecular flexibility index (Phi) is 3.45. The number of rotatable bonds is 4. The van der Waals surface area contributed by atoms with Crippen LogP contribution < -0.4 is 10.5 Å². The van der Waals surface area contributed by atoms with Crippen molar-refractivity contribution in [3.63, 3.8) is 0 Å². The van der Waals surface area contributed by atoms with Crippen molar-refractivity contribution in [3.8, 4) is 5.75 Å². The van der Waals surface area contributed by atoms with Gasteiger partial charge >= 0.3 is 0 Å². The van der Waals surface area contributed by atoms with Gasteiger partial charge in [0, 0.05) is 5.92 Å². The monoisotopic (exact) mass is 196 g/mol. The van der Waals surface area contributed by atoms with Gasteiger partial charge in [-0.2, -0.15) is 0 Å². The summed E-state index contributed by atoms with van der Waals surface area (Å²) in [5.41, 5.74) is 5.27. The summed E-state index contributed by atoms with van der Waals surface area (Å²) in [6.45, 7) is 2.13. The molecular formula is C10H13FN2O. The molecule has 0 aromatic heterocycles. The zero-order valence-electron chi connectivity index (χ0n) is 7.96. The van der Waals surface area contributed by atoms with Gasteiger partial charge in [0.05, 0.1) is 12.4 Å². The van der Waals surface area contributed by atoms with Crippen LogP contribution in [0.4, 0.5) is 4.39 Å². The predicted molar refractivity (Wildman–Crippen MR) is 53.0 cm³/mol. The van der Waals surface area contributed by atoms with Crippen LogP contribution in [-0.4, -0.2) is 12.4 Å². The maximum absolute atomic E-state index is 12.5. The number of amidine groups is 1. The highest BCUT2D eigenvalue weighted by Gasteiger charge is 2.05. The molecule has 0 fully saturated rings. The average Bonchev–Trinajstić information content (AvgIpc) is 2.16. The molecular weight excluding hydrogens is 183 g/mol. The first-order chi connectivity index (χ1) is 6.59. The Labute approximate surface area is 82.2 Å². The molecule has 0 saturated heterocycles. The fraction of sp³-hybridized carbons (Fsp3) is 0.300. The van der Waals surface area contributed by atoms with Crippen molar-refractivity contribution < 1.29 is 9.13 Å². The second kappa shape index (κ2) is 4.60. The lowest BCUT2D eigenvalue weighted by molar-refractivity contribution is 0.291. The first-order valence-electron chi connectivity index (χ1n) is 4.32. The second-order valence-electron chi connectivity index (χ2n) is 3.12. The smallest absolute Gasteiger partial charge is 0.123 e. The maximum Gasteiger partial charge on any atom is 0.123 e. The van der Waals surface area contributed by atoms with E-state index < -0.39 is 0 Å². The van der Waals surface area contributed by atoms with Gasteiger partial charge in [-0.05, 0) is 24.3 Å². The number of nitrogens with one attached hydrogen (secondary N) is 1. The molecule has 0 saturated carbocycles. The molecule has 4 heteroatoms. The minimum atomic E-state index is -0.294. The standard InChI is InChI=1S/C10H13FN2O/c1-7(10(12)13)6-14-9-4-2-8(11)3-5-9/h2-5,7H,6H2,1H3,(H3,12,13). The summed E-state index contributed by atoms with van der Waals surface area (Å²) in [5.74, 6) is 0.253. The Morgan fingerprint density at radius 1 is 1.50 bits per heavy atom. The van der Waals surface area contributed by atoms with Gasteiger partial charge in [0.1, 0.15) is 11.6 Å². The summed E-state index contributed by atoms with van der Waals surface area (Å²) in [5, 5.41) is 7.14. The number of hydrogen-bond donors (Lipinski definition) is 2. The highest BCUT2D eigenvalue weighted by Crippen LogP contribution is 2.12. The highest BCUT2D eigenvalue weighted by molar-refractivity contribution is 5.79. The van der Waals surface area contributed by atoms with E-state index in [0.29, 0.717) is 12.4 Å². The van der Waals surface area contributed by atoms with E-state index in [2.05, 4.69) is 0 Å². The molecule has 0 aliphatic carbocycles. The molecule has 0 spiro atoms. The van der Waals surface area contributed by atoms with E-state index in [1.54, 1.807) is 19.1 Å². The van der Waals surface area contributed by atoms with Gasteiger partial charge in [-0.1, -0.05) is 6.92 Å². The van der Waals surface area contributed by atoms with Crippen LogP contribution in [0, 0.1) is 17.1 Å². The molecule has 1 rings (SSSR count). The Balaban J connectivity index is 2.46.